The number of aryl methyl sites for hydroxylation is 2. The average Bonchev–Trinajstić information content (AvgIpc) is 3.03. The Kier molecular flexibility index (Phi) is 6.22. The minimum absolute atomic E-state index is 0.0622. The number of esters is 1. The minimum Gasteiger partial charge on any atom is -0.468 e. The van der Waals surface area contributed by atoms with Crippen LogP contribution in [0.3, 0.4) is 0 Å². The van der Waals surface area contributed by atoms with Crippen molar-refractivity contribution in [1.82, 2.24) is 4.57 Å². The van der Waals surface area contributed by atoms with E-state index in [0.29, 0.717) is 10.4 Å². The third kappa shape index (κ3) is 4.69. The first kappa shape index (κ1) is 21.1. The zero-order chi connectivity index (χ0) is 21.8. The van der Waals surface area contributed by atoms with Gasteiger partial charge in [0, 0.05) is 18.2 Å². The molecular formula is C21H19N3O5S. The fraction of sp³-hybridized carbons (Fsp3) is 0.190. The van der Waals surface area contributed by atoms with E-state index in [1.807, 2.05) is 26.0 Å². The van der Waals surface area contributed by atoms with Crippen molar-refractivity contribution in [1.29, 1.82) is 0 Å². The monoisotopic (exact) mass is 425 g/mol. The van der Waals surface area contributed by atoms with E-state index in [2.05, 4.69) is 4.99 Å². The van der Waals surface area contributed by atoms with Crippen molar-refractivity contribution < 1.29 is 19.2 Å². The maximum Gasteiger partial charge on any atom is 0.325 e. The number of benzene rings is 2. The van der Waals surface area contributed by atoms with Crippen molar-refractivity contribution in [2.75, 3.05) is 7.11 Å². The van der Waals surface area contributed by atoms with Crippen LogP contribution in [0.1, 0.15) is 16.7 Å². The third-order valence-corrected chi connectivity index (χ3v) is 5.36. The van der Waals surface area contributed by atoms with Crippen LogP contribution in [-0.4, -0.2) is 28.5 Å². The van der Waals surface area contributed by atoms with E-state index in [1.165, 1.54) is 42.7 Å². The van der Waals surface area contributed by atoms with E-state index in [1.54, 1.807) is 16.7 Å². The van der Waals surface area contributed by atoms with Gasteiger partial charge in [0.15, 0.2) is 4.80 Å². The molecule has 3 aromatic rings. The van der Waals surface area contributed by atoms with Crippen molar-refractivity contribution in [2.45, 2.75) is 20.4 Å². The zero-order valence-electron chi connectivity index (χ0n) is 16.6. The first-order chi connectivity index (χ1) is 14.3. The number of fused-ring (bicyclic) bond motifs is 1. The number of nitro groups is 1. The maximum absolute atomic E-state index is 12.4. The van der Waals surface area contributed by atoms with Gasteiger partial charge in [0.1, 0.15) is 6.54 Å². The normalized spacial score (nSPS) is 11.9. The van der Waals surface area contributed by atoms with Crippen LogP contribution in [0.5, 0.6) is 0 Å². The lowest BCUT2D eigenvalue weighted by molar-refractivity contribution is -0.384. The maximum atomic E-state index is 12.4. The highest BCUT2D eigenvalue weighted by Crippen LogP contribution is 2.23. The zero-order valence-corrected chi connectivity index (χ0v) is 17.4. The Balaban J connectivity index is 2.02. The number of aromatic nitrogens is 1. The van der Waals surface area contributed by atoms with Gasteiger partial charge in [-0.05, 0) is 42.7 Å². The summed E-state index contributed by atoms with van der Waals surface area (Å²) >= 11 is 1.31. The van der Waals surface area contributed by atoms with Crippen LogP contribution in [0.25, 0.3) is 16.3 Å². The predicted molar refractivity (Wildman–Crippen MR) is 114 cm³/mol. The van der Waals surface area contributed by atoms with Crippen LogP contribution >= 0.6 is 11.3 Å². The number of non-ortho nitro benzene ring substituents is 1. The van der Waals surface area contributed by atoms with Crippen molar-refractivity contribution in [3.8, 4) is 0 Å². The molecule has 8 nitrogen and oxygen atoms in total. The number of nitrogens with zero attached hydrogens (tertiary/aromatic N) is 3. The smallest absolute Gasteiger partial charge is 0.325 e. The molecule has 0 saturated heterocycles. The van der Waals surface area contributed by atoms with Gasteiger partial charge in [-0.25, -0.2) is 0 Å². The van der Waals surface area contributed by atoms with E-state index < -0.39 is 16.8 Å². The third-order valence-electron chi connectivity index (χ3n) is 4.33. The molecule has 1 aromatic heterocycles. The lowest BCUT2D eigenvalue weighted by atomic mass is 10.1. The number of ether oxygens (including phenoxy) is 1. The van der Waals surface area contributed by atoms with Gasteiger partial charge in [-0.2, -0.15) is 4.99 Å². The second kappa shape index (κ2) is 8.83. The first-order valence-corrected chi connectivity index (χ1v) is 9.79. The predicted octanol–water partition coefficient (Wildman–Crippen LogP) is 3.54. The standard InChI is InChI=1S/C21H19N3O5S/c1-13-9-14(2)20-17(10-13)30-21(23(20)12-19(26)29-3)22-18(25)8-7-15-5-4-6-16(11-15)24(27)28/h4-11H,12H2,1-3H3/b8-7+,22-21?. The van der Waals surface area contributed by atoms with Crippen LogP contribution in [0.2, 0.25) is 0 Å². The molecule has 1 heterocycles. The number of amides is 1. The second-order valence-corrected chi connectivity index (χ2v) is 7.62. The molecule has 154 valence electrons. The van der Waals surface area contributed by atoms with Gasteiger partial charge in [0.05, 0.1) is 22.2 Å². The molecule has 9 heteroatoms. The number of methoxy groups -OCH3 is 1. The number of nitro benzene ring substituents is 1. The highest BCUT2D eigenvalue weighted by molar-refractivity contribution is 7.16. The Morgan fingerprint density at radius 1 is 1.27 bits per heavy atom. The van der Waals surface area contributed by atoms with Gasteiger partial charge in [-0.3, -0.25) is 19.7 Å². The number of carbonyl (C=O) groups excluding carboxylic acids is 2. The summed E-state index contributed by atoms with van der Waals surface area (Å²) in [6.07, 6.45) is 2.70. The van der Waals surface area contributed by atoms with Crippen molar-refractivity contribution in [3.05, 3.63) is 74.1 Å². The molecule has 2 aromatic carbocycles. The average molecular weight is 425 g/mol. The van der Waals surface area contributed by atoms with Crippen LogP contribution in [0, 0.1) is 24.0 Å². The Morgan fingerprint density at radius 2 is 2.03 bits per heavy atom. The molecule has 0 aliphatic carbocycles. The number of carbonyl (C=O) groups is 2. The summed E-state index contributed by atoms with van der Waals surface area (Å²) in [5.74, 6) is -0.989. The van der Waals surface area contributed by atoms with Crippen molar-refractivity contribution >= 4 is 45.2 Å². The summed E-state index contributed by atoms with van der Waals surface area (Å²) < 4.78 is 7.36. The quantitative estimate of drug-likeness (QED) is 0.269. The lowest BCUT2D eigenvalue weighted by Crippen LogP contribution is -2.22. The molecule has 0 N–H and O–H groups in total. The summed E-state index contributed by atoms with van der Waals surface area (Å²) in [5, 5.41) is 10.9. The highest BCUT2D eigenvalue weighted by Gasteiger charge is 2.14. The molecule has 0 unspecified atom stereocenters. The molecule has 0 fully saturated rings. The Bertz CT molecular complexity index is 1250. The molecule has 30 heavy (non-hydrogen) atoms. The summed E-state index contributed by atoms with van der Waals surface area (Å²) in [6, 6.07) is 9.91. The largest absolute Gasteiger partial charge is 0.468 e. The van der Waals surface area contributed by atoms with Gasteiger partial charge >= 0.3 is 5.97 Å². The highest BCUT2D eigenvalue weighted by atomic mass is 32.1. The van der Waals surface area contributed by atoms with Gasteiger partial charge in [-0.1, -0.05) is 29.5 Å². The number of hydrogen-bond donors (Lipinski definition) is 0. The molecule has 0 aliphatic rings. The fourth-order valence-corrected chi connectivity index (χ4v) is 4.27. The molecule has 0 radical (unpaired) electrons. The van der Waals surface area contributed by atoms with Crippen LogP contribution < -0.4 is 4.80 Å². The van der Waals surface area contributed by atoms with E-state index >= 15 is 0 Å². The van der Waals surface area contributed by atoms with E-state index in [9.17, 15) is 19.7 Å². The summed E-state index contributed by atoms with van der Waals surface area (Å²) in [5.41, 5.74) is 3.30. The summed E-state index contributed by atoms with van der Waals surface area (Å²) in [7, 11) is 1.30. The molecule has 0 saturated carbocycles. The van der Waals surface area contributed by atoms with Gasteiger partial charge in [-0.15, -0.1) is 0 Å². The first-order valence-electron chi connectivity index (χ1n) is 8.97. The number of thiazole rings is 1. The van der Waals surface area contributed by atoms with Crippen molar-refractivity contribution in [3.63, 3.8) is 0 Å². The minimum atomic E-state index is -0.541. The molecule has 3 rings (SSSR count). The number of hydrogen-bond acceptors (Lipinski definition) is 6. The molecule has 0 spiro atoms. The topological polar surface area (TPSA) is 104 Å². The van der Waals surface area contributed by atoms with Crippen LogP contribution in [0.4, 0.5) is 5.69 Å². The lowest BCUT2D eigenvalue weighted by Gasteiger charge is -2.06. The Hall–Kier alpha value is -3.59. The van der Waals surface area contributed by atoms with Gasteiger partial charge < -0.3 is 9.30 Å². The second-order valence-electron chi connectivity index (χ2n) is 6.61. The van der Waals surface area contributed by atoms with E-state index in [4.69, 9.17) is 4.74 Å². The fourth-order valence-electron chi connectivity index (χ4n) is 3.06. The van der Waals surface area contributed by atoms with Gasteiger partial charge in [0.25, 0.3) is 11.6 Å². The molecular weight excluding hydrogens is 406 g/mol. The van der Waals surface area contributed by atoms with E-state index in [0.717, 1.165) is 21.3 Å². The van der Waals surface area contributed by atoms with Crippen LogP contribution in [-0.2, 0) is 20.9 Å². The molecule has 0 aliphatic heterocycles. The Morgan fingerprint density at radius 3 is 2.73 bits per heavy atom. The van der Waals surface area contributed by atoms with Crippen LogP contribution in [0.15, 0.2) is 47.5 Å². The SMILES string of the molecule is COC(=O)Cn1c(=NC(=O)/C=C/c2cccc([N+](=O)[O-])c2)sc2cc(C)cc(C)c21. The summed E-state index contributed by atoms with van der Waals surface area (Å²) in [4.78, 5) is 39.2. The van der Waals surface area contributed by atoms with E-state index in [-0.39, 0.29) is 12.2 Å². The Labute approximate surface area is 175 Å². The van der Waals surface area contributed by atoms with Crippen molar-refractivity contribution in [2.24, 2.45) is 4.99 Å². The summed E-state index contributed by atoms with van der Waals surface area (Å²) in [6.45, 7) is 3.84. The molecule has 0 bridgehead atoms. The number of rotatable bonds is 5. The molecule has 0 atom stereocenters. The van der Waals surface area contributed by atoms with Gasteiger partial charge in [0.2, 0.25) is 0 Å². The molecule has 1 amide bonds.